The van der Waals surface area contributed by atoms with Gasteiger partial charge in [-0.3, -0.25) is 10.1 Å². The molecule has 0 aliphatic carbocycles. The highest BCUT2D eigenvalue weighted by atomic mass is 32.2. The first-order valence-corrected chi connectivity index (χ1v) is 10.4. The number of carbonyl (C=O) groups is 1. The number of aromatic nitrogens is 1. The molecule has 1 atom stereocenters. The smallest absolute Gasteiger partial charge is 0.335 e. The van der Waals surface area contributed by atoms with Gasteiger partial charge in [-0.2, -0.15) is 4.31 Å². The average Bonchev–Trinajstić information content (AvgIpc) is 3.13. The van der Waals surface area contributed by atoms with Gasteiger partial charge in [0.2, 0.25) is 10.0 Å². The summed E-state index contributed by atoms with van der Waals surface area (Å²) < 4.78 is 34.9. The van der Waals surface area contributed by atoms with Crippen molar-refractivity contribution in [2.24, 2.45) is 7.05 Å². The van der Waals surface area contributed by atoms with Gasteiger partial charge in [-0.25, -0.2) is 13.2 Å². The second-order valence-electron chi connectivity index (χ2n) is 6.55. The third kappa shape index (κ3) is 4.08. The van der Waals surface area contributed by atoms with Gasteiger partial charge >= 0.3 is 5.97 Å². The molecule has 0 fully saturated rings. The summed E-state index contributed by atoms with van der Waals surface area (Å²) in [5.74, 6) is -0.554. The summed E-state index contributed by atoms with van der Waals surface area (Å²) in [6, 6.07) is 7.83. The fraction of sp³-hybridized carbons (Fsp3) is 0.316. The van der Waals surface area contributed by atoms with Crippen LogP contribution in [0.2, 0.25) is 0 Å². The number of hydrogen-bond donors (Lipinski definition) is 0. The molecular formula is C19H21N3O6S. The highest BCUT2D eigenvalue weighted by Crippen LogP contribution is 2.35. The summed E-state index contributed by atoms with van der Waals surface area (Å²) in [7, 11) is -2.21. The number of aryl methyl sites for hydroxylation is 1. The molecule has 0 radical (unpaired) electrons. The highest BCUT2D eigenvalue weighted by Gasteiger charge is 2.37. The van der Waals surface area contributed by atoms with E-state index in [1.807, 2.05) is 29.9 Å². The third-order valence-corrected chi connectivity index (χ3v) is 6.65. The van der Waals surface area contributed by atoms with Gasteiger partial charge in [0.05, 0.1) is 22.5 Å². The zero-order chi connectivity index (χ0) is 21.2. The molecule has 2 heterocycles. The van der Waals surface area contributed by atoms with Crippen molar-refractivity contribution >= 4 is 21.7 Å². The van der Waals surface area contributed by atoms with Crippen LogP contribution >= 0.6 is 0 Å². The van der Waals surface area contributed by atoms with E-state index < -0.39 is 27.0 Å². The third-order valence-electron chi connectivity index (χ3n) is 4.78. The normalized spacial score (nSPS) is 17.6. The van der Waals surface area contributed by atoms with Crippen molar-refractivity contribution in [1.82, 2.24) is 8.87 Å². The number of hydrogen-bond acceptors (Lipinski definition) is 6. The number of benzene rings is 1. The van der Waals surface area contributed by atoms with Crippen LogP contribution in [0.5, 0.6) is 0 Å². The Labute approximate surface area is 168 Å². The molecule has 0 saturated carbocycles. The van der Waals surface area contributed by atoms with Crippen molar-refractivity contribution in [3.05, 3.63) is 70.1 Å². The minimum atomic E-state index is -4.03. The number of non-ortho nitro benzene ring substituents is 1. The monoisotopic (exact) mass is 419 g/mol. The van der Waals surface area contributed by atoms with E-state index in [9.17, 15) is 23.3 Å². The van der Waals surface area contributed by atoms with Gasteiger partial charge in [-0.1, -0.05) is 6.08 Å². The molecule has 0 N–H and O–H groups in total. The number of nitrogens with zero attached hydrogens (tertiary/aromatic N) is 3. The Balaban J connectivity index is 2.03. The lowest BCUT2D eigenvalue weighted by Gasteiger charge is -2.34. The molecule has 9 nitrogen and oxygen atoms in total. The van der Waals surface area contributed by atoms with E-state index in [0.717, 1.165) is 17.8 Å². The maximum atomic E-state index is 13.4. The molecule has 29 heavy (non-hydrogen) atoms. The molecule has 2 aromatic rings. The van der Waals surface area contributed by atoms with Crippen LogP contribution in [0.3, 0.4) is 0 Å². The van der Waals surface area contributed by atoms with E-state index in [-0.39, 0.29) is 29.3 Å². The van der Waals surface area contributed by atoms with Gasteiger partial charge in [-0.15, -0.1) is 0 Å². The van der Waals surface area contributed by atoms with E-state index in [0.29, 0.717) is 6.42 Å². The number of carbonyl (C=O) groups excluding carboxylic acids is 1. The van der Waals surface area contributed by atoms with Crippen LogP contribution < -0.4 is 0 Å². The molecule has 1 aliphatic rings. The molecule has 1 aromatic heterocycles. The van der Waals surface area contributed by atoms with Crippen molar-refractivity contribution in [2.75, 3.05) is 13.2 Å². The maximum Gasteiger partial charge on any atom is 0.335 e. The summed E-state index contributed by atoms with van der Waals surface area (Å²) in [4.78, 5) is 22.4. The van der Waals surface area contributed by atoms with Gasteiger partial charge in [-0.05, 0) is 37.6 Å². The fourth-order valence-corrected chi connectivity index (χ4v) is 4.89. The SMILES string of the molecule is CCOC(=O)C1=CC[C@H](c2cccn2C)N(S(=O)(=O)c2ccc([N+](=O)[O-])cc2)C1. The minimum absolute atomic E-state index is 0.0765. The van der Waals surface area contributed by atoms with Crippen molar-refractivity contribution in [2.45, 2.75) is 24.3 Å². The Bertz CT molecular complexity index is 1060. The second-order valence-corrected chi connectivity index (χ2v) is 8.44. The first-order chi connectivity index (χ1) is 13.8. The summed E-state index contributed by atoms with van der Waals surface area (Å²) in [5, 5.41) is 10.9. The van der Waals surface area contributed by atoms with Gasteiger partial charge in [0.1, 0.15) is 0 Å². The van der Waals surface area contributed by atoms with Crippen molar-refractivity contribution in [3.63, 3.8) is 0 Å². The van der Waals surface area contributed by atoms with E-state index >= 15 is 0 Å². The number of nitro groups is 1. The van der Waals surface area contributed by atoms with Gasteiger partial charge in [0, 0.05) is 43.2 Å². The molecular weight excluding hydrogens is 398 g/mol. The predicted molar refractivity (Wildman–Crippen MR) is 104 cm³/mol. The van der Waals surface area contributed by atoms with Gasteiger partial charge in [0.15, 0.2) is 0 Å². The minimum Gasteiger partial charge on any atom is -0.463 e. The Morgan fingerprint density at radius 3 is 2.52 bits per heavy atom. The van der Waals surface area contributed by atoms with E-state index in [1.165, 1.54) is 16.4 Å². The van der Waals surface area contributed by atoms with E-state index in [2.05, 4.69) is 0 Å². The first kappa shape index (κ1) is 20.7. The maximum absolute atomic E-state index is 13.4. The second kappa shape index (κ2) is 8.18. The van der Waals surface area contributed by atoms with Crippen molar-refractivity contribution in [1.29, 1.82) is 0 Å². The molecule has 1 aromatic carbocycles. The summed E-state index contributed by atoms with van der Waals surface area (Å²) in [6.07, 6.45) is 3.83. The Morgan fingerprint density at radius 2 is 1.97 bits per heavy atom. The van der Waals surface area contributed by atoms with Crippen LogP contribution in [0.4, 0.5) is 5.69 Å². The van der Waals surface area contributed by atoms with Crippen LogP contribution in [0.1, 0.15) is 25.1 Å². The molecule has 0 amide bonds. The summed E-state index contributed by atoms with van der Waals surface area (Å²) in [5.41, 5.74) is 0.839. The largest absolute Gasteiger partial charge is 0.463 e. The molecule has 0 saturated heterocycles. The molecule has 10 heteroatoms. The molecule has 154 valence electrons. The number of ether oxygens (including phenoxy) is 1. The molecule has 0 spiro atoms. The highest BCUT2D eigenvalue weighted by molar-refractivity contribution is 7.89. The number of rotatable bonds is 6. The molecule has 0 bridgehead atoms. The van der Waals surface area contributed by atoms with Crippen LogP contribution in [0, 0.1) is 10.1 Å². The number of sulfonamides is 1. The van der Waals surface area contributed by atoms with E-state index in [1.54, 1.807) is 13.0 Å². The Hall–Kier alpha value is -2.98. The standard InChI is InChI=1S/C19H21N3O6S/c1-3-28-19(23)14-6-11-18(17-5-4-12-20(17)2)21(13-14)29(26,27)16-9-7-15(8-10-16)22(24)25/h4-10,12,18H,3,11,13H2,1-2H3/t18-/m1/s1. The molecule has 3 rings (SSSR count). The zero-order valence-corrected chi connectivity index (χ0v) is 16.8. The topological polar surface area (TPSA) is 112 Å². The van der Waals surface area contributed by atoms with Gasteiger partial charge < -0.3 is 9.30 Å². The Kier molecular flexibility index (Phi) is 5.85. The predicted octanol–water partition coefficient (Wildman–Crippen LogP) is 2.56. The van der Waals surface area contributed by atoms with E-state index in [4.69, 9.17) is 4.74 Å². The number of nitro benzene ring substituents is 1. The number of esters is 1. The van der Waals surface area contributed by atoms with Crippen LogP contribution in [0.15, 0.2) is 59.1 Å². The molecule has 1 aliphatic heterocycles. The first-order valence-electron chi connectivity index (χ1n) is 8.99. The average molecular weight is 419 g/mol. The van der Waals surface area contributed by atoms with Crippen LogP contribution in [0.25, 0.3) is 0 Å². The quantitative estimate of drug-likeness (QED) is 0.404. The summed E-state index contributed by atoms with van der Waals surface area (Å²) >= 11 is 0. The molecule has 0 unspecified atom stereocenters. The van der Waals surface area contributed by atoms with Crippen LogP contribution in [-0.4, -0.2) is 41.3 Å². The lowest BCUT2D eigenvalue weighted by molar-refractivity contribution is -0.384. The van der Waals surface area contributed by atoms with Gasteiger partial charge in [0.25, 0.3) is 5.69 Å². The fourth-order valence-electron chi connectivity index (χ4n) is 3.30. The summed E-state index contributed by atoms with van der Waals surface area (Å²) in [6.45, 7) is 1.72. The lowest BCUT2D eigenvalue weighted by atomic mass is 10.0. The Morgan fingerprint density at radius 1 is 1.28 bits per heavy atom. The van der Waals surface area contributed by atoms with Crippen molar-refractivity contribution in [3.8, 4) is 0 Å². The van der Waals surface area contributed by atoms with Crippen LogP contribution in [-0.2, 0) is 26.6 Å². The zero-order valence-electron chi connectivity index (χ0n) is 16.0. The van der Waals surface area contributed by atoms with Crippen molar-refractivity contribution < 1.29 is 22.9 Å². The lowest BCUT2D eigenvalue weighted by Crippen LogP contribution is -2.40.